The van der Waals surface area contributed by atoms with Crippen molar-refractivity contribution in [3.8, 4) is 5.75 Å². The Labute approximate surface area is 198 Å². The Hall–Kier alpha value is -2.01. The van der Waals surface area contributed by atoms with Gasteiger partial charge in [0.1, 0.15) is 12.4 Å². The molecule has 4 aliphatic rings. The van der Waals surface area contributed by atoms with Crippen molar-refractivity contribution in [1.82, 2.24) is 14.9 Å². The van der Waals surface area contributed by atoms with Gasteiger partial charge in [-0.1, -0.05) is 0 Å². The molecule has 3 saturated carbocycles. The molecule has 2 bridgehead atoms. The smallest absolute Gasteiger partial charge is 0.418 e. The predicted molar refractivity (Wildman–Crippen MR) is 116 cm³/mol. The van der Waals surface area contributed by atoms with Gasteiger partial charge in [0.2, 0.25) is 0 Å². The van der Waals surface area contributed by atoms with Gasteiger partial charge in [0.15, 0.2) is 0 Å². The molecule has 0 spiro atoms. The highest BCUT2D eigenvalue weighted by molar-refractivity contribution is 5.81. The number of nitrogens with one attached hydrogen (secondary N) is 1. The van der Waals surface area contributed by atoms with E-state index >= 15 is 0 Å². The summed E-state index contributed by atoms with van der Waals surface area (Å²) in [6.07, 6.45) is -7.18. The molecule has 2 heterocycles. The van der Waals surface area contributed by atoms with Crippen LogP contribution in [0.1, 0.15) is 64.5 Å². The van der Waals surface area contributed by atoms with Crippen molar-refractivity contribution in [2.24, 2.45) is 10.8 Å². The van der Waals surface area contributed by atoms with Crippen LogP contribution in [-0.2, 0) is 6.18 Å². The Kier molecular flexibility index (Phi) is 5.29. The average Bonchev–Trinajstić information content (AvgIpc) is 3.04. The number of ether oxygens (including phenoxy) is 1. The predicted octanol–water partition coefficient (Wildman–Crippen LogP) is 5.62. The van der Waals surface area contributed by atoms with E-state index in [9.17, 15) is 31.4 Å². The standard InChI is InChI=1S/C24H29F6N3O2/c1-13(2)33-12-31-18-5-16(4-17(19(18)33)23(25,26)27)35-8-15-7-22(34,6-14(3)32-15)20-9-21(10-20,11-20)24(28,29)30/h4-5,12-15,32,34H,6-11H2,1-3H3. The zero-order chi connectivity index (χ0) is 25.6. The highest BCUT2D eigenvalue weighted by Gasteiger charge is 2.83. The van der Waals surface area contributed by atoms with Crippen LogP contribution in [0.3, 0.4) is 0 Å². The minimum Gasteiger partial charge on any atom is -0.492 e. The summed E-state index contributed by atoms with van der Waals surface area (Å²) >= 11 is 0. The summed E-state index contributed by atoms with van der Waals surface area (Å²) in [6, 6.07) is 1.60. The Balaban J connectivity index is 1.33. The third-order valence-corrected chi connectivity index (χ3v) is 8.32. The first-order valence-electron chi connectivity index (χ1n) is 11.8. The van der Waals surface area contributed by atoms with Crippen molar-refractivity contribution in [3.63, 3.8) is 0 Å². The van der Waals surface area contributed by atoms with Crippen LogP contribution >= 0.6 is 0 Å². The molecule has 3 unspecified atom stereocenters. The maximum atomic E-state index is 13.8. The fourth-order valence-corrected chi connectivity index (χ4v) is 6.67. The SMILES string of the molecule is CC1CC(O)(C23CC(C(F)(F)F)(C2)C3)CC(COc2cc(C(F)(F)F)c3c(c2)ncn3C(C)C)N1. The molecule has 6 rings (SSSR count). The molecule has 0 amide bonds. The molecular weight excluding hydrogens is 476 g/mol. The number of imidazole rings is 1. The van der Waals surface area contributed by atoms with E-state index in [1.54, 1.807) is 13.8 Å². The van der Waals surface area contributed by atoms with E-state index in [1.807, 2.05) is 6.92 Å². The topological polar surface area (TPSA) is 59.3 Å². The molecule has 35 heavy (non-hydrogen) atoms. The van der Waals surface area contributed by atoms with Gasteiger partial charge in [0.25, 0.3) is 0 Å². The number of piperidine rings is 1. The van der Waals surface area contributed by atoms with Gasteiger partial charge in [-0.15, -0.1) is 0 Å². The van der Waals surface area contributed by atoms with Crippen LogP contribution < -0.4 is 10.1 Å². The number of rotatable bonds is 5. The lowest BCUT2D eigenvalue weighted by atomic mass is 9.29. The van der Waals surface area contributed by atoms with Gasteiger partial charge in [0, 0.05) is 29.6 Å². The summed E-state index contributed by atoms with van der Waals surface area (Å²) in [5, 5.41) is 14.7. The molecule has 194 valence electrons. The number of nitrogens with zero attached hydrogens (tertiary/aromatic N) is 2. The minimum atomic E-state index is -4.61. The van der Waals surface area contributed by atoms with E-state index in [-0.39, 0.29) is 61.2 Å². The first kappa shape index (κ1) is 24.7. The van der Waals surface area contributed by atoms with Crippen LogP contribution in [0.15, 0.2) is 18.5 Å². The molecule has 11 heteroatoms. The average molecular weight is 506 g/mol. The van der Waals surface area contributed by atoms with E-state index in [2.05, 4.69) is 10.3 Å². The van der Waals surface area contributed by atoms with Crippen LogP contribution in [0.2, 0.25) is 0 Å². The van der Waals surface area contributed by atoms with Gasteiger partial charge in [0.05, 0.1) is 33.9 Å². The van der Waals surface area contributed by atoms with E-state index in [4.69, 9.17) is 4.74 Å². The van der Waals surface area contributed by atoms with Gasteiger partial charge in [-0.25, -0.2) is 4.98 Å². The minimum absolute atomic E-state index is 0.00365. The quantitative estimate of drug-likeness (QED) is 0.518. The van der Waals surface area contributed by atoms with E-state index < -0.39 is 40.4 Å². The molecule has 3 aliphatic carbocycles. The molecule has 4 fully saturated rings. The first-order valence-corrected chi connectivity index (χ1v) is 11.8. The summed E-state index contributed by atoms with van der Waals surface area (Å²) in [7, 11) is 0. The lowest BCUT2D eigenvalue weighted by molar-refractivity contribution is -0.403. The number of alkyl halides is 6. The summed E-state index contributed by atoms with van der Waals surface area (Å²) in [5.74, 6) is 0.00365. The zero-order valence-electron chi connectivity index (χ0n) is 19.7. The second kappa shape index (κ2) is 7.50. The summed E-state index contributed by atoms with van der Waals surface area (Å²) < 4.78 is 88.7. The first-order chi connectivity index (χ1) is 16.1. The number of halogens is 6. The number of fused-ring (bicyclic) bond motifs is 1. The van der Waals surface area contributed by atoms with Crippen LogP contribution in [0.5, 0.6) is 5.75 Å². The van der Waals surface area contributed by atoms with Crippen LogP contribution in [-0.4, -0.2) is 45.1 Å². The second-order valence-electron chi connectivity index (χ2n) is 11.2. The van der Waals surface area contributed by atoms with Crippen LogP contribution in [0.25, 0.3) is 11.0 Å². The summed E-state index contributed by atoms with van der Waals surface area (Å²) in [4.78, 5) is 4.12. The number of benzene rings is 1. The van der Waals surface area contributed by atoms with Gasteiger partial charge in [-0.05, 0) is 58.9 Å². The molecule has 3 atom stereocenters. The molecule has 1 aromatic heterocycles. The normalized spacial score (nSPS) is 35.2. The van der Waals surface area contributed by atoms with E-state index in [0.717, 1.165) is 6.07 Å². The Bertz CT molecular complexity index is 1120. The molecule has 1 saturated heterocycles. The number of hydrogen-bond acceptors (Lipinski definition) is 4. The molecule has 2 aromatic rings. The molecule has 1 aromatic carbocycles. The van der Waals surface area contributed by atoms with Gasteiger partial charge in [-0.3, -0.25) is 0 Å². The van der Waals surface area contributed by atoms with Crippen molar-refractivity contribution >= 4 is 11.0 Å². The molecular formula is C24H29F6N3O2. The lowest BCUT2D eigenvalue weighted by Crippen LogP contribution is -2.78. The largest absolute Gasteiger partial charge is 0.492 e. The number of aromatic nitrogens is 2. The summed E-state index contributed by atoms with van der Waals surface area (Å²) in [5.41, 5.74) is -4.37. The maximum Gasteiger partial charge on any atom is 0.418 e. The Morgan fingerprint density at radius 1 is 1.14 bits per heavy atom. The van der Waals surface area contributed by atoms with Gasteiger partial charge < -0.3 is 19.7 Å². The molecule has 2 N–H and O–H groups in total. The molecule has 5 nitrogen and oxygen atoms in total. The third-order valence-electron chi connectivity index (χ3n) is 8.32. The van der Waals surface area contributed by atoms with Gasteiger partial charge in [-0.2, -0.15) is 26.3 Å². The lowest BCUT2D eigenvalue weighted by Gasteiger charge is -2.76. The van der Waals surface area contributed by atoms with Crippen molar-refractivity contribution in [3.05, 3.63) is 24.0 Å². The second-order valence-corrected chi connectivity index (χ2v) is 11.2. The Morgan fingerprint density at radius 2 is 1.80 bits per heavy atom. The third kappa shape index (κ3) is 3.72. The fourth-order valence-electron chi connectivity index (χ4n) is 6.67. The van der Waals surface area contributed by atoms with Crippen molar-refractivity contribution < 1.29 is 36.2 Å². The Morgan fingerprint density at radius 3 is 2.37 bits per heavy atom. The van der Waals surface area contributed by atoms with E-state index in [1.165, 1.54) is 17.0 Å². The highest BCUT2D eigenvalue weighted by atomic mass is 19.4. The van der Waals surface area contributed by atoms with Crippen LogP contribution in [0.4, 0.5) is 26.3 Å². The van der Waals surface area contributed by atoms with Crippen molar-refractivity contribution in [2.45, 2.75) is 89.0 Å². The molecule has 1 aliphatic heterocycles. The fraction of sp³-hybridized carbons (Fsp3) is 0.708. The van der Waals surface area contributed by atoms with Crippen molar-refractivity contribution in [1.29, 1.82) is 0 Å². The number of aliphatic hydroxyl groups is 1. The zero-order valence-corrected chi connectivity index (χ0v) is 19.7. The molecule has 0 radical (unpaired) electrons. The maximum absolute atomic E-state index is 13.8. The van der Waals surface area contributed by atoms with Gasteiger partial charge >= 0.3 is 12.4 Å². The number of hydrogen-bond donors (Lipinski definition) is 2. The van der Waals surface area contributed by atoms with E-state index in [0.29, 0.717) is 6.42 Å². The monoisotopic (exact) mass is 505 g/mol. The highest BCUT2D eigenvalue weighted by Crippen LogP contribution is 2.82. The van der Waals surface area contributed by atoms with Crippen LogP contribution in [0, 0.1) is 10.8 Å². The van der Waals surface area contributed by atoms with Crippen molar-refractivity contribution in [2.75, 3.05) is 6.61 Å². The summed E-state index contributed by atoms with van der Waals surface area (Å²) in [6.45, 7) is 5.35.